The highest BCUT2D eigenvalue weighted by molar-refractivity contribution is 5.72. The maximum absolute atomic E-state index is 12.0. The van der Waals surface area contributed by atoms with Gasteiger partial charge in [-0.25, -0.2) is 0 Å². The second kappa shape index (κ2) is 17.0. The molecule has 1 rings (SSSR count). The molecule has 0 spiro atoms. The topological polar surface area (TPSA) is 52.6 Å². The second-order valence-corrected chi connectivity index (χ2v) is 10.4. The number of carbonyl (C=O) groups is 2. The molecule has 0 heterocycles. The van der Waals surface area contributed by atoms with E-state index in [1.165, 1.54) is 44.9 Å². The lowest BCUT2D eigenvalue weighted by molar-refractivity contribution is -0.151. The summed E-state index contributed by atoms with van der Waals surface area (Å²) in [6, 6.07) is 0. The molecule has 0 atom stereocenters. The highest BCUT2D eigenvalue weighted by atomic mass is 16.5. The van der Waals surface area contributed by atoms with Gasteiger partial charge in [0.15, 0.2) is 6.61 Å². The molecule has 1 aliphatic carbocycles. The van der Waals surface area contributed by atoms with Gasteiger partial charge >= 0.3 is 11.9 Å². The van der Waals surface area contributed by atoms with Crippen molar-refractivity contribution >= 4 is 11.9 Å². The molecule has 1 fully saturated rings. The van der Waals surface area contributed by atoms with E-state index in [0.717, 1.165) is 38.5 Å². The Hall–Kier alpha value is -1.50. The summed E-state index contributed by atoms with van der Waals surface area (Å²) in [7, 11) is 0. The van der Waals surface area contributed by atoms with E-state index in [9.17, 15) is 9.59 Å². The lowest BCUT2D eigenvalue weighted by Crippen LogP contribution is -2.30. The number of hydrogen-bond acceptors (Lipinski definition) is 4. The molecule has 0 bridgehead atoms. The van der Waals surface area contributed by atoms with Crippen LogP contribution in [0.25, 0.3) is 0 Å². The van der Waals surface area contributed by atoms with Gasteiger partial charge in [-0.1, -0.05) is 84.5 Å². The van der Waals surface area contributed by atoms with Crippen molar-refractivity contribution in [2.75, 3.05) is 6.61 Å². The molecule has 0 saturated heterocycles. The van der Waals surface area contributed by atoms with E-state index in [-0.39, 0.29) is 37.5 Å². The molecule has 0 aromatic rings. The van der Waals surface area contributed by atoms with Crippen molar-refractivity contribution in [2.24, 2.45) is 11.3 Å². The lowest BCUT2D eigenvalue weighted by atomic mass is 9.72. The van der Waals surface area contributed by atoms with Crippen LogP contribution in [0.1, 0.15) is 130 Å². The predicted octanol–water partition coefficient (Wildman–Crippen LogP) is 7.38. The molecule has 4 heteroatoms. The van der Waals surface area contributed by atoms with E-state index in [1.807, 2.05) is 0 Å². The summed E-state index contributed by atoms with van der Waals surface area (Å²) in [6.07, 6.45) is 16.4. The average molecular weight is 449 g/mol. The molecular formula is C28H48O4. The van der Waals surface area contributed by atoms with Gasteiger partial charge in [0.1, 0.15) is 6.10 Å². The van der Waals surface area contributed by atoms with Crippen LogP contribution in [-0.2, 0) is 19.1 Å². The van der Waals surface area contributed by atoms with Crippen molar-refractivity contribution < 1.29 is 19.1 Å². The number of esters is 2. The van der Waals surface area contributed by atoms with Gasteiger partial charge in [-0.15, -0.1) is 0 Å². The number of rotatable bonds is 14. The van der Waals surface area contributed by atoms with Crippen LogP contribution in [0.15, 0.2) is 0 Å². The first-order valence-electron chi connectivity index (χ1n) is 13.1. The van der Waals surface area contributed by atoms with Gasteiger partial charge in [-0.3, -0.25) is 9.59 Å². The zero-order chi connectivity index (χ0) is 23.7. The van der Waals surface area contributed by atoms with Crippen LogP contribution in [0, 0.1) is 23.2 Å². The first-order valence-corrected chi connectivity index (χ1v) is 13.1. The van der Waals surface area contributed by atoms with Crippen LogP contribution in [0.3, 0.4) is 0 Å². The maximum atomic E-state index is 12.0. The van der Waals surface area contributed by atoms with Crippen LogP contribution in [0.5, 0.6) is 0 Å². The molecule has 1 aliphatic rings. The van der Waals surface area contributed by atoms with E-state index >= 15 is 0 Å². The van der Waals surface area contributed by atoms with Gasteiger partial charge in [-0.05, 0) is 49.9 Å². The van der Waals surface area contributed by atoms with Crippen LogP contribution in [0.4, 0.5) is 0 Å². The number of hydrogen-bond donors (Lipinski definition) is 0. The molecule has 0 unspecified atom stereocenters. The van der Waals surface area contributed by atoms with E-state index in [0.29, 0.717) is 17.8 Å². The fourth-order valence-corrected chi connectivity index (χ4v) is 4.34. The molecule has 0 aromatic carbocycles. The molecule has 4 nitrogen and oxygen atoms in total. The highest BCUT2D eigenvalue weighted by Crippen LogP contribution is 2.38. The standard InChI is InChI=1S/C28H48O4/c1-5-6-7-8-9-10-11-12-13-14-15-23-31-26(29)17-16-18-27(30)32-25-21-19-24(20-22-25)28(2,3)4/h24-25H,5-13,16-23H2,1-4H3. The molecule has 0 aliphatic heterocycles. The van der Waals surface area contributed by atoms with Crippen LogP contribution in [0.2, 0.25) is 0 Å². The first kappa shape index (κ1) is 28.5. The van der Waals surface area contributed by atoms with E-state index in [4.69, 9.17) is 9.47 Å². The molecule has 0 N–H and O–H groups in total. The van der Waals surface area contributed by atoms with Gasteiger partial charge in [0.05, 0.1) is 0 Å². The minimum Gasteiger partial charge on any atom is -0.462 e. The van der Waals surface area contributed by atoms with Crippen LogP contribution >= 0.6 is 0 Å². The van der Waals surface area contributed by atoms with Gasteiger partial charge < -0.3 is 9.47 Å². The molecule has 184 valence electrons. The highest BCUT2D eigenvalue weighted by Gasteiger charge is 2.30. The SMILES string of the molecule is CCCCCCCCCCC#CCOC(=O)CCCC(=O)OC1CCC(C(C)(C)C)CC1. The van der Waals surface area contributed by atoms with Crippen molar-refractivity contribution in [3.63, 3.8) is 0 Å². The summed E-state index contributed by atoms with van der Waals surface area (Å²) in [5.74, 6) is 6.23. The van der Waals surface area contributed by atoms with Crippen molar-refractivity contribution in [3.8, 4) is 11.8 Å². The normalized spacial score (nSPS) is 18.5. The number of carbonyl (C=O) groups excluding carboxylic acids is 2. The average Bonchev–Trinajstić information content (AvgIpc) is 2.74. The Balaban J connectivity index is 1.97. The van der Waals surface area contributed by atoms with E-state index < -0.39 is 0 Å². The third-order valence-corrected chi connectivity index (χ3v) is 6.54. The molecule has 0 amide bonds. The monoisotopic (exact) mass is 448 g/mol. The van der Waals surface area contributed by atoms with Gasteiger partial charge in [0, 0.05) is 19.3 Å². The van der Waals surface area contributed by atoms with Gasteiger partial charge in [0.2, 0.25) is 0 Å². The minimum atomic E-state index is -0.287. The summed E-state index contributed by atoms with van der Waals surface area (Å²) in [4.78, 5) is 23.8. The Morgan fingerprint density at radius 2 is 1.38 bits per heavy atom. The molecule has 1 saturated carbocycles. The predicted molar refractivity (Wildman–Crippen MR) is 131 cm³/mol. The van der Waals surface area contributed by atoms with Gasteiger partial charge in [-0.2, -0.15) is 0 Å². The van der Waals surface area contributed by atoms with E-state index in [1.54, 1.807) is 0 Å². The second-order valence-electron chi connectivity index (χ2n) is 10.4. The summed E-state index contributed by atoms with van der Waals surface area (Å²) < 4.78 is 10.7. The van der Waals surface area contributed by atoms with Crippen molar-refractivity contribution in [2.45, 2.75) is 137 Å². The van der Waals surface area contributed by atoms with Gasteiger partial charge in [0.25, 0.3) is 0 Å². The van der Waals surface area contributed by atoms with Crippen molar-refractivity contribution in [1.82, 2.24) is 0 Å². The maximum Gasteiger partial charge on any atom is 0.306 e. The zero-order valence-electron chi connectivity index (χ0n) is 21.3. The third-order valence-electron chi connectivity index (χ3n) is 6.54. The quantitative estimate of drug-likeness (QED) is 0.158. The first-order chi connectivity index (χ1) is 15.3. The Bertz CT molecular complexity index is 570. The number of unbranched alkanes of at least 4 members (excludes halogenated alkanes) is 8. The molecule has 0 radical (unpaired) electrons. The third kappa shape index (κ3) is 14.5. The lowest BCUT2D eigenvalue weighted by Gasteiger charge is -2.36. The summed E-state index contributed by atoms with van der Waals surface area (Å²) in [5, 5.41) is 0. The van der Waals surface area contributed by atoms with E-state index in [2.05, 4.69) is 39.5 Å². The summed E-state index contributed by atoms with van der Waals surface area (Å²) >= 11 is 0. The fraction of sp³-hybridized carbons (Fsp3) is 0.857. The largest absolute Gasteiger partial charge is 0.462 e. The van der Waals surface area contributed by atoms with Crippen LogP contribution in [-0.4, -0.2) is 24.6 Å². The summed E-state index contributed by atoms with van der Waals surface area (Å²) in [5.41, 5.74) is 0.327. The molecular weight excluding hydrogens is 400 g/mol. The Labute approximate surface area is 197 Å². The smallest absolute Gasteiger partial charge is 0.306 e. The fourth-order valence-electron chi connectivity index (χ4n) is 4.34. The Morgan fingerprint density at radius 3 is 2.00 bits per heavy atom. The zero-order valence-corrected chi connectivity index (χ0v) is 21.3. The molecule has 0 aromatic heterocycles. The molecule has 32 heavy (non-hydrogen) atoms. The Morgan fingerprint density at radius 1 is 0.781 bits per heavy atom. The van der Waals surface area contributed by atoms with Crippen molar-refractivity contribution in [3.05, 3.63) is 0 Å². The Kier molecular flexibility index (Phi) is 15.2. The van der Waals surface area contributed by atoms with Crippen molar-refractivity contribution in [1.29, 1.82) is 0 Å². The van der Waals surface area contributed by atoms with Crippen LogP contribution < -0.4 is 0 Å². The number of ether oxygens (including phenoxy) is 2. The summed E-state index contributed by atoms with van der Waals surface area (Å²) in [6.45, 7) is 9.24. The minimum absolute atomic E-state index is 0.0457.